The molecule has 3 rings (SSSR count). The standard InChI is InChI=1S/C19H21NO4/c1-3-22-16-10-8-15(9-11-16)20-13-24-18(19(20)21)12-23-17-7-5-4-6-14(17)2/h4-11,13,16,18H,3,12H2,1-2H3. The zero-order valence-corrected chi connectivity index (χ0v) is 13.8. The van der Waals surface area contributed by atoms with Crippen molar-refractivity contribution in [3.63, 3.8) is 0 Å². The smallest absolute Gasteiger partial charge is 0.373 e. The maximum absolute atomic E-state index is 12.5. The molecule has 0 N–H and O–H groups in total. The Balaban J connectivity index is 1.56. The average molecular weight is 327 g/mol. The van der Waals surface area contributed by atoms with Crippen LogP contribution in [0.3, 0.4) is 0 Å². The van der Waals surface area contributed by atoms with Crippen molar-refractivity contribution in [1.29, 1.82) is 0 Å². The summed E-state index contributed by atoms with van der Waals surface area (Å²) in [5.41, 5.74) is 1.03. The zero-order valence-electron chi connectivity index (χ0n) is 13.8. The topological polar surface area (TPSA) is 47.8 Å². The van der Waals surface area contributed by atoms with Gasteiger partial charge in [-0.15, -0.1) is 12.2 Å². The fourth-order valence-electron chi connectivity index (χ4n) is 2.55. The van der Waals surface area contributed by atoms with E-state index in [0.29, 0.717) is 6.61 Å². The van der Waals surface area contributed by atoms with Gasteiger partial charge >= 0.3 is 5.91 Å². The van der Waals surface area contributed by atoms with E-state index in [-0.39, 0.29) is 18.6 Å². The Labute approximate surface area is 141 Å². The normalized spacial score (nSPS) is 20.2. The monoisotopic (exact) mass is 327 g/mol. The van der Waals surface area contributed by atoms with Gasteiger partial charge in [0, 0.05) is 12.7 Å². The molecule has 0 saturated heterocycles. The van der Waals surface area contributed by atoms with Crippen molar-refractivity contribution in [3.8, 4) is 5.75 Å². The van der Waals surface area contributed by atoms with Crippen molar-refractivity contribution >= 4 is 12.3 Å². The molecule has 0 bridgehead atoms. The number of aryl methyl sites for hydroxylation is 1. The lowest BCUT2D eigenvalue weighted by atomic mass is 10.1. The molecule has 5 heteroatoms. The molecular formula is C19H21NO4. The van der Waals surface area contributed by atoms with E-state index >= 15 is 0 Å². The van der Waals surface area contributed by atoms with Crippen LogP contribution in [-0.2, 0) is 14.3 Å². The van der Waals surface area contributed by atoms with E-state index in [1.807, 2.05) is 62.4 Å². The Morgan fingerprint density at radius 2 is 2.00 bits per heavy atom. The summed E-state index contributed by atoms with van der Waals surface area (Å²) in [6, 6.07) is 8.46. The summed E-state index contributed by atoms with van der Waals surface area (Å²) in [4.78, 5) is 12.5. The van der Waals surface area contributed by atoms with E-state index in [1.54, 1.807) is 0 Å². The molecule has 0 saturated carbocycles. The number of rotatable bonds is 6. The first-order valence-corrected chi connectivity index (χ1v) is 8.04. The first-order chi connectivity index (χ1) is 11.7. The maximum atomic E-state index is 12.5. The lowest BCUT2D eigenvalue weighted by Gasteiger charge is -2.18. The fraction of sp³-hybridized carbons (Fsp3) is 0.316. The third-order valence-electron chi connectivity index (χ3n) is 3.88. The van der Waals surface area contributed by atoms with Gasteiger partial charge in [-0.25, -0.2) is 0 Å². The zero-order chi connectivity index (χ0) is 16.9. The van der Waals surface area contributed by atoms with Crippen LogP contribution in [0.15, 0.2) is 48.6 Å². The third-order valence-corrected chi connectivity index (χ3v) is 3.88. The number of nitrogens with zero attached hydrogens (tertiary/aromatic N) is 1. The number of benzene rings is 1. The molecule has 0 spiro atoms. The van der Waals surface area contributed by atoms with Crippen LogP contribution in [0.2, 0.25) is 0 Å². The van der Waals surface area contributed by atoms with Gasteiger partial charge in [-0.1, -0.05) is 30.4 Å². The molecular weight excluding hydrogens is 306 g/mol. The highest BCUT2D eigenvalue weighted by atomic mass is 16.5. The first kappa shape index (κ1) is 16.3. The van der Waals surface area contributed by atoms with Gasteiger partial charge in [0.15, 0.2) is 0 Å². The molecule has 0 fully saturated rings. The molecule has 1 aromatic carbocycles. The van der Waals surface area contributed by atoms with Crippen LogP contribution in [-0.4, -0.2) is 42.3 Å². The van der Waals surface area contributed by atoms with Gasteiger partial charge in [0.25, 0.3) is 6.40 Å². The van der Waals surface area contributed by atoms with Crippen molar-refractivity contribution in [2.75, 3.05) is 13.2 Å². The molecule has 5 nitrogen and oxygen atoms in total. The van der Waals surface area contributed by atoms with Crippen molar-refractivity contribution < 1.29 is 23.6 Å². The molecule has 1 heterocycles. The number of carbonyl (C=O) groups excluding carboxylic acids is 1. The number of para-hydroxylation sites is 1. The Kier molecular flexibility index (Phi) is 5.01. The Hall–Kier alpha value is -2.53. The average Bonchev–Trinajstić information content (AvgIpc) is 2.96. The second-order valence-electron chi connectivity index (χ2n) is 5.58. The lowest BCUT2D eigenvalue weighted by Crippen LogP contribution is -2.32. The molecule has 1 aliphatic heterocycles. The Morgan fingerprint density at radius 1 is 1.25 bits per heavy atom. The molecule has 1 aromatic rings. The quantitative estimate of drug-likeness (QED) is 0.595. The van der Waals surface area contributed by atoms with E-state index in [4.69, 9.17) is 14.2 Å². The second kappa shape index (κ2) is 7.36. The van der Waals surface area contributed by atoms with Crippen molar-refractivity contribution in [2.45, 2.75) is 26.1 Å². The third kappa shape index (κ3) is 3.51. The minimum absolute atomic E-state index is 0.0439. The summed E-state index contributed by atoms with van der Waals surface area (Å²) in [7, 11) is 0. The van der Waals surface area contributed by atoms with Crippen LogP contribution >= 0.6 is 0 Å². The summed E-state index contributed by atoms with van der Waals surface area (Å²) in [6.07, 6.45) is 8.32. The van der Waals surface area contributed by atoms with Gasteiger partial charge in [-0.3, -0.25) is 4.79 Å². The van der Waals surface area contributed by atoms with Crippen LogP contribution < -0.4 is 4.74 Å². The van der Waals surface area contributed by atoms with Gasteiger partial charge in [-0.2, -0.15) is 4.58 Å². The molecule has 1 unspecified atom stereocenters. The van der Waals surface area contributed by atoms with Crippen molar-refractivity contribution in [2.24, 2.45) is 0 Å². The van der Waals surface area contributed by atoms with Gasteiger partial charge in [-0.05, 0) is 25.5 Å². The van der Waals surface area contributed by atoms with Crippen LogP contribution in [0, 0.1) is 13.0 Å². The predicted octanol–water partition coefficient (Wildman–Crippen LogP) is 2.40. The number of amides is 1. The van der Waals surface area contributed by atoms with E-state index < -0.39 is 6.10 Å². The highest BCUT2D eigenvalue weighted by Crippen LogP contribution is 2.21. The molecule has 1 atom stereocenters. The first-order valence-electron chi connectivity index (χ1n) is 8.04. The molecule has 24 heavy (non-hydrogen) atoms. The van der Waals surface area contributed by atoms with E-state index in [2.05, 4.69) is 0 Å². The summed E-state index contributed by atoms with van der Waals surface area (Å²) in [5.74, 6) is 0.625. The van der Waals surface area contributed by atoms with Gasteiger partial charge in [0.2, 0.25) is 6.10 Å². The largest absolute Gasteiger partial charge is 0.489 e. The van der Waals surface area contributed by atoms with Gasteiger partial charge in [0.05, 0.1) is 0 Å². The van der Waals surface area contributed by atoms with E-state index in [1.165, 1.54) is 11.0 Å². The van der Waals surface area contributed by atoms with Crippen LogP contribution in [0.4, 0.5) is 0 Å². The molecule has 1 amide bonds. The molecule has 0 radical (unpaired) electrons. The van der Waals surface area contributed by atoms with Gasteiger partial charge in [0.1, 0.15) is 18.4 Å². The molecule has 0 aromatic heterocycles. The summed E-state index contributed by atoms with van der Waals surface area (Å²) < 4.78 is 18.2. The van der Waals surface area contributed by atoms with Gasteiger partial charge < -0.3 is 14.2 Å². The number of ether oxygens (including phenoxy) is 3. The van der Waals surface area contributed by atoms with Crippen LogP contribution in [0.1, 0.15) is 12.5 Å². The SMILES string of the molecule is CCOC1C=C[C-]([N+]2=COC(COc3ccccc3C)C2=O)C=C1. The number of hydrogen-bond acceptors (Lipinski definition) is 4. The van der Waals surface area contributed by atoms with Crippen LogP contribution in [0.25, 0.3) is 0 Å². The Morgan fingerprint density at radius 3 is 2.71 bits per heavy atom. The van der Waals surface area contributed by atoms with Crippen LogP contribution in [0.5, 0.6) is 5.75 Å². The lowest BCUT2D eigenvalue weighted by molar-refractivity contribution is -0.412. The van der Waals surface area contributed by atoms with E-state index in [9.17, 15) is 4.79 Å². The summed E-state index contributed by atoms with van der Waals surface area (Å²) in [5, 5.41) is 0. The number of carbonyl (C=O) groups is 1. The predicted molar refractivity (Wildman–Crippen MR) is 89.8 cm³/mol. The molecule has 126 valence electrons. The molecule has 2 aliphatic rings. The number of hydrogen-bond donors (Lipinski definition) is 0. The van der Waals surface area contributed by atoms with E-state index in [0.717, 1.165) is 17.4 Å². The Bertz CT molecular complexity index is 678. The summed E-state index contributed by atoms with van der Waals surface area (Å²) >= 11 is 0. The minimum atomic E-state index is -0.636. The van der Waals surface area contributed by atoms with Crippen molar-refractivity contribution in [1.82, 2.24) is 0 Å². The fourth-order valence-corrected chi connectivity index (χ4v) is 2.55. The highest BCUT2D eigenvalue weighted by Gasteiger charge is 2.36. The molecule has 1 aliphatic carbocycles. The second-order valence-corrected chi connectivity index (χ2v) is 5.58. The maximum Gasteiger partial charge on any atom is 0.373 e. The van der Waals surface area contributed by atoms with Crippen molar-refractivity contribution in [3.05, 3.63) is 60.2 Å². The minimum Gasteiger partial charge on any atom is -0.489 e. The highest BCUT2D eigenvalue weighted by molar-refractivity contribution is 5.81. The summed E-state index contributed by atoms with van der Waals surface area (Å²) in [6.45, 7) is 4.74.